The van der Waals surface area contributed by atoms with Crippen LogP contribution in [0.2, 0.25) is 0 Å². The number of nitriles is 1. The van der Waals surface area contributed by atoms with Gasteiger partial charge in [0.25, 0.3) is 0 Å². The van der Waals surface area contributed by atoms with Gasteiger partial charge >= 0.3 is 0 Å². The topological polar surface area (TPSA) is 57.0 Å². The minimum atomic E-state index is 0.150. The molecule has 2 aliphatic rings. The van der Waals surface area contributed by atoms with Crippen LogP contribution in [0.1, 0.15) is 53.1 Å². The predicted molar refractivity (Wildman–Crippen MR) is 133 cm³/mol. The number of thioether (sulfide) groups is 1. The van der Waals surface area contributed by atoms with Crippen molar-refractivity contribution in [2.24, 2.45) is 0 Å². The normalized spacial score (nSPS) is 17.1. The van der Waals surface area contributed by atoms with Crippen LogP contribution in [0.4, 0.5) is 5.69 Å². The number of rotatable bonds is 5. The molecule has 1 aromatic heterocycles. The number of para-hydroxylation sites is 1. The third-order valence-corrected chi connectivity index (χ3v) is 7.70. The lowest BCUT2D eigenvalue weighted by molar-refractivity contribution is -0.118. The molecular weight excluding hydrogens is 426 g/mol. The summed E-state index contributed by atoms with van der Waals surface area (Å²) < 4.78 is 0. The van der Waals surface area contributed by atoms with E-state index in [0.29, 0.717) is 23.7 Å². The molecule has 1 amide bonds. The van der Waals surface area contributed by atoms with Gasteiger partial charge in [0.05, 0.1) is 5.56 Å². The van der Waals surface area contributed by atoms with Crippen LogP contribution in [-0.4, -0.2) is 23.2 Å². The number of fused-ring (bicyclic) bond motifs is 2. The van der Waals surface area contributed by atoms with Crippen molar-refractivity contribution in [2.75, 3.05) is 17.2 Å². The lowest BCUT2D eigenvalue weighted by atomic mass is 9.82. The van der Waals surface area contributed by atoms with Crippen LogP contribution < -0.4 is 4.90 Å². The Bertz CT molecular complexity index is 1200. The molecule has 0 spiro atoms. The van der Waals surface area contributed by atoms with Crippen molar-refractivity contribution in [1.29, 1.82) is 5.26 Å². The fourth-order valence-corrected chi connectivity index (χ4v) is 5.91. The van der Waals surface area contributed by atoms with Crippen LogP contribution in [0.5, 0.6) is 0 Å². The molecule has 0 bridgehead atoms. The summed E-state index contributed by atoms with van der Waals surface area (Å²) in [6, 6.07) is 23.2. The summed E-state index contributed by atoms with van der Waals surface area (Å²) in [7, 11) is 0. The molecule has 1 atom stereocenters. The van der Waals surface area contributed by atoms with E-state index in [2.05, 4.69) is 36.4 Å². The Labute approximate surface area is 199 Å². The van der Waals surface area contributed by atoms with Crippen molar-refractivity contribution in [1.82, 2.24) is 4.98 Å². The number of carbonyl (C=O) groups is 1. The smallest absolute Gasteiger partial charge is 0.227 e. The molecule has 3 aromatic rings. The van der Waals surface area contributed by atoms with E-state index in [1.54, 1.807) is 0 Å². The van der Waals surface area contributed by atoms with Gasteiger partial charge in [-0.3, -0.25) is 4.79 Å². The summed E-state index contributed by atoms with van der Waals surface area (Å²) in [6.07, 6.45) is 5.41. The lowest BCUT2D eigenvalue weighted by Gasteiger charge is -2.29. The van der Waals surface area contributed by atoms with Gasteiger partial charge in [0.2, 0.25) is 5.91 Å². The largest absolute Gasteiger partial charge is 0.312 e. The number of amides is 1. The van der Waals surface area contributed by atoms with E-state index in [0.717, 1.165) is 55.1 Å². The number of carbonyl (C=O) groups excluding carboxylic acids is 1. The summed E-state index contributed by atoms with van der Waals surface area (Å²) >= 11 is 1.53. The SMILES string of the molecule is N#Cc1cc2c(nc1SCCC(=O)N1CCCc3ccccc31)CCC(c1ccccc1)C2. The van der Waals surface area contributed by atoms with Gasteiger partial charge in [-0.15, -0.1) is 11.8 Å². The Kier molecular flexibility index (Phi) is 6.46. The Morgan fingerprint density at radius 2 is 1.91 bits per heavy atom. The van der Waals surface area contributed by atoms with Crippen LogP contribution in [-0.2, 0) is 24.1 Å². The van der Waals surface area contributed by atoms with Gasteiger partial charge < -0.3 is 4.90 Å². The number of benzene rings is 2. The fraction of sp³-hybridized carbons (Fsp3) is 0.321. The molecule has 0 fully saturated rings. The van der Waals surface area contributed by atoms with E-state index in [1.807, 2.05) is 35.2 Å². The predicted octanol–water partition coefficient (Wildman–Crippen LogP) is 5.69. The Morgan fingerprint density at radius 1 is 1.09 bits per heavy atom. The second-order valence-electron chi connectivity index (χ2n) is 8.79. The molecule has 1 aliphatic carbocycles. The molecule has 33 heavy (non-hydrogen) atoms. The molecule has 5 rings (SSSR count). The van der Waals surface area contributed by atoms with E-state index in [9.17, 15) is 10.1 Å². The first kappa shape index (κ1) is 21.7. The van der Waals surface area contributed by atoms with Crippen molar-refractivity contribution < 1.29 is 4.79 Å². The Hall–Kier alpha value is -3.10. The van der Waals surface area contributed by atoms with Gasteiger partial charge in [0.1, 0.15) is 11.1 Å². The van der Waals surface area contributed by atoms with Crippen LogP contribution in [0.25, 0.3) is 0 Å². The third-order valence-electron chi connectivity index (χ3n) is 6.71. The van der Waals surface area contributed by atoms with Crippen molar-refractivity contribution in [3.05, 3.63) is 88.6 Å². The highest BCUT2D eigenvalue weighted by Crippen LogP contribution is 2.35. The van der Waals surface area contributed by atoms with Gasteiger partial charge in [0.15, 0.2) is 0 Å². The molecule has 2 aromatic carbocycles. The third kappa shape index (κ3) is 4.67. The second kappa shape index (κ2) is 9.80. The van der Waals surface area contributed by atoms with Crippen LogP contribution >= 0.6 is 11.8 Å². The molecule has 0 N–H and O–H groups in total. The number of nitrogens with zero attached hydrogens (tertiary/aromatic N) is 3. The maximum atomic E-state index is 12.9. The van der Waals surface area contributed by atoms with Crippen molar-refractivity contribution >= 4 is 23.4 Å². The maximum absolute atomic E-state index is 12.9. The number of aryl methyl sites for hydroxylation is 2. The summed E-state index contributed by atoms with van der Waals surface area (Å²) in [6.45, 7) is 0.781. The monoisotopic (exact) mass is 453 g/mol. The number of aromatic nitrogens is 1. The average molecular weight is 454 g/mol. The van der Waals surface area contributed by atoms with Crippen LogP contribution in [0.15, 0.2) is 65.7 Å². The summed E-state index contributed by atoms with van der Waals surface area (Å²) in [4.78, 5) is 19.7. The van der Waals surface area contributed by atoms with Crippen molar-refractivity contribution in [3.63, 3.8) is 0 Å². The quantitative estimate of drug-likeness (QED) is 0.466. The standard InChI is InChI=1S/C28H27N3OS/c29-19-24-18-23-17-22(20-7-2-1-3-8-20)12-13-25(23)30-28(24)33-16-14-27(32)31-15-6-10-21-9-4-5-11-26(21)31/h1-5,7-9,11,18,22H,6,10,12-17H2. The molecule has 4 nitrogen and oxygen atoms in total. The zero-order valence-electron chi connectivity index (χ0n) is 18.7. The summed E-state index contributed by atoms with van der Waals surface area (Å²) in [5.74, 6) is 1.26. The molecular formula is C28H27N3OS. The number of pyridine rings is 1. The van der Waals surface area contributed by atoms with Gasteiger partial charge in [-0.05, 0) is 66.8 Å². The van der Waals surface area contributed by atoms with Gasteiger partial charge in [-0.2, -0.15) is 5.26 Å². The molecule has 0 radical (unpaired) electrons. The Balaban J connectivity index is 1.25. The van der Waals surface area contributed by atoms with Crippen molar-refractivity contribution in [3.8, 4) is 6.07 Å². The van der Waals surface area contributed by atoms with Crippen LogP contribution in [0.3, 0.4) is 0 Å². The van der Waals surface area contributed by atoms with Gasteiger partial charge in [-0.25, -0.2) is 4.98 Å². The molecule has 166 valence electrons. The highest BCUT2D eigenvalue weighted by Gasteiger charge is 2.24. The second-order valence-corrected chi connectivity index (χ2v) is 9.87. The van der Waals surface area contributed by atoms with E-state index in [-0.39, 0.29) is 5.91 Å². The molecule has 1 aliphatic heterocycles. The van der Waals surface area contributed by atoms with E-state index in [4.69, 9.17) is 4.98 Å². The van der Waals surface area contributed by atoms with E-state index < -0.39 is 0 Å². The van der Waals surface area contributed by atoms with Crippen LogP contribution in [0, 0.1) is 11.3 Å². The van der Waals surface area contributed by atoms with Crippen molar-refractivity contribution in [2.45, 2.75) is 49.5 Å². The molecule has 1 unspecified atom stereocenters. The molecule has 0 saturated carbocycles. The first-order valence-electron chi connectivity index (χ1n) is 11.7. The highest BCUT2D eigenvalue weighted by atomic mass is 32.2. The van der Waals surface area contributed by atoms with E-state index >= 15 is 0 Å². The fourth-order valence-electron chi connectivity index (χ4n) is 5.01. The molecule has 5 heteroatoms. The van der Waals surface area contributed by atoms with Gasteiger partial charge in [-0.1, -0.05) is 48.5 Å². The zero-order chi connectivity index (χ0) is 22.6. The first-order valence-corrected chi connectivity index (χ1v) is 12.7. The summed E-state index contributed by atoms with van der Waals surface area (Å²) in [5.41, 5.74) is 6.59. The zero-order valence-corrected chi connectivity index (χ0v) is 19.5. The number of hydrogen-bond donors (Lipinski definition) is 0. The maximum Gasteiger partial charge on any atom is 0.227 e. The minimum absolute atomic E-state index is 0.150. The summed E-state index contributed by atoms with van der Waals surface area (Å²) in [5, 5.41) is 10.5. The molecule has 2 heterocycles. The number of hydrogen-bond acceptors (Lipinski definition) is 4. The van der Waals surface area contributed by atoms with Gasteiger partial charge in [0, 0.05) is 30.1 Å². The first-order chi connectivity index (χ1) is 16.2. The molecule has 0 saturated heterocycles. The lowest BCUT2D eigenvalue weighted by Crippen LogP contribution is -2.35. The average Bonchev–Trinajstić information content (AvgIpc) is 2.88. The van der Waals surface area contributed by atoms with E-state index in [1.165, 1.54) is 28.5 Å². The minimum Gasteiger partial charge on any atom is -0.312 e. The Morgan fingerprint density at radius 3 is 2.76 bits per heavy atom. The highest BCUT2D eigenvalue weighted by molar-refractivity contribution is 7.99. The number of anilines is 1.